The third-order valence-electron chi connectivity index (χ3n) is 4.20. The molecule has 2 aromatic carbocycles. The maximum atomic E-state index is 12.3. The van der Waals surface area contributed by atoms with E-state index in [0.717, 1.165) is 21.3 Å². The molecule has 2 aromatic rings. The zero-order chi connectivity index (χ0) is 17.1. The molecular formula is C19H19BrN2O2. The highest BCUT2D eigenvalue weighted by Crippen LogP contribution is 2.39. The van der Waals surface area contributed by atoms with Gasteiger partial charge in [0.2, 0.25) is 11.8 Å². The van der Waals surface area contributed by atoms with Crippen LogP contribution in [-0.2, 0) is 16.1 Å². The molecule has 24 heavy (non-hydrogen) atoms. The summed E-state index contributed by atoms with van der Waals surface area (Å²) < 4.78 is 1.00. The van der Waals surface area contributed by atoms with E-state index >= 15 is 0 Å². The van der Waals surface area contributed by atoms with Gasteiger partial charge < -0.3 is 10.6 Å². The minimum Gasteiger partial charge on any atom is -0.352 e. The van der Waals surface area contributed by atoms with Crippen molar-refractivity contribution in [1.82, 2.24) is 5.32 Å². The summed E-state index contributed by atoms with van der Waals surface area (Å²) in [7, 11) is 0. The Morgan fingerprint density at radius 2 is 1.79 bits per heavy atom. The first kappa shape index (κ1) is 16.7. The SMILES string of the molecule is Cc1cc(NC(=O)C2CC2C(=O)NCc2ccccc2)ccc1Br. The lowest BCUT2D eigenvalue weighted by Gasteiger charge is -2.07. The van der Waals surface area contributed by atoms with Crippen LogP contribution in [0.15, 0.2) is 53.0 Å². The number of rotatable bonds is 5. The number of anilines is 1. The molecule has 0 aromatic heterocycles. The zero-order valence-electron chi connectivity index (χ0n) is 13.4. The molecule has 124 valence electrons. The quantitative estimate of drug-likeness (QED) is 0.823. The topological polar surface area (TPSA) is 58.2 Å². The lowest BCUT2D eigenvalue weighted by atomic mass is 10.2. The van der Waals surface area contributed by atoms with Gasteiger partial charge in [0.25, 0.3) is 0 Å². The first-order valence-electron chi connectivity index (χ1n) is 7.93. The Kier molecular flexibility index (Phi) is 5.00. The second-order valence-corrected chi connectivity index (χ2v) is 6.96. The lowest BCUT2D eigenvalue weighted by molar-refractivity contribution is -0.125. The Morgan fingerprint density at radius 3 is 2.50 bits per heavy atom. The van der Waals surface area contributed by atoms with Crippen molar-refractivity contribution in [1.29, 1.82) is 0 Å². The van der Waals surface area contributed by atoms with Crippen molar-refractivity contribution in [3.63, 3.8) is 0 Å². The first-order valence-corrected chi connectivity index (χ1v) is 8.72. The Labute approximate surface area is 149 Å². The third-order valence-corrected chi connectivity index (χ3v) is 5.09. The van der Waals surface area contributed by atoms with Gasteiger partial charge in [-0.25, -0.2) is 0 Å². The van der Waals surface area contributed by atoms with Gasteiger partial charge in [-0.05, 0) is 42.7 Å². The van der Waals surface area contributed by atoms with E-state index in [1.165, 1.54) is 0 Å². The maximum Gasteiger partial charge on any atom is 0.228 e. The van der Waals surface area contributed by atoms with Crippen molar-refractivity contribution in [2.75, 3.05) is 5.32 Å². The minimum atomic E-state index is -0.232. The van der Waals surface area contributed by atoms with Gasteiger partial charge in [-0.15, -0.1) is 0 Å². The molecule has 0 radical (unpaired) electrons. The van der Waals surface area contributed by atoms with E-state index in [1.54, 1.807) is 0 Å². The van der Waals surface area contributed by atoms with Crippen LogP contribution in [0.5, 0.6) is 0 Å². The first-order chi connectivity index (χ1) is 11.5. The van der Waals surface area contributed by atoms with E-state index < -0.39 is 0 Å². The maximum absolute atomic E-state index is 12.3. The van der Waals surface area contributed by atoms with Gasteiger partial charge in [-0.2, -0.15) is 0 Å². The predicted octanol–water partition coefficient (Wildman–Crippen LogP) is 3.65. The van der Waals surface area contributed by atoms with Crippen LogP contribution in [-0.4, -0.2) is 11.8 Å². The Morgan fingerprint density at radius 1 is 1.08 bits per heavy atom. The molecule has 5 heteroatoms. The molecular weight excluding hydrogens is 368 g/mol. The molecule has 1 fully saturated rings. The molecule has 2 atom stereocenters. The number of benzene rings is 2. The van der Waals surface area contributed by atoms with Crippen LogP contribution in [0.3, 0.4) is 0 Å². The van der Waals surface area contributed by atoms with Gasteiger partial charge in [0.15, 0.2) is 0 Å². The Bertz CT molecular complexity index is 761. The van der Waals surface area contributed by atoms with E-state index in [9.17, 15) is 9.59 Å². The number of amides is 2. The zero-order valence-corrected chi connectivity index (χ0v) is 15.0. The summed E-state index contributed by atoms with van der Waals surface area (Å²) in [4.78, 5) is 24.4. The number of nitrogens with one attached hydrogen (secondary N) is 2. The number of aryl methyl sites for hydroxylation is 1. The monoisotopic (exact) mass is 386 g/mol. The van der Waals surface area contributed by atoms with Gasteiger partial charge in [0, 0.05) is 16.7 Å². The molecule has 0 spiro atoms. The predicted molar refractivity (Wildman–Crippen MR) is 97.4 cm³/mol. The van der Waals surface area contributed by atoms with E-state index in [0.29, 0.717) is 13.0 Å². The number of carbonyl (C=O) groups excluding carboxylic acids is 2. The van der Waals surface area contributed by atoms with Crippen LogP contribution in [0.1, 0.15) is 17.5 Å². The van der Waals surface area contributed by atoms with Crippen LogP contribution in [0.2, 0.25) is 0 Å². The molecule has 0 aliphatic heterocycles. The van der Waals surface area contributed by atoms with Crippen LogP contribution in [0, 0.1) is 18.8 Å². The Balaban J connectivity index is 1.49. The minimum absolute atomic E-state index is 0.0500. The molecule has 0 heterocycles. The van der Waals surface area contributed by atoms with E-state index in [4.69, 9.17) is 0 Å². The van der Waals surface area contributed by atoms with E-state index in [-0.39, 0.29) is 23.7 Å². The smallest absolute Gasteiger partial charge is 0.228 e. The molecule has 0 bridgehead atoms. The highest BCUT2D eigenvalue weighted by Gasteiger charge is 2.47. The van der Waals surface area contributed by atoms with Crippen LogP contribution >= 0.6 is 15.9 Å². The fourth-order valence-electron chi connectivity index (χ4n) is 2.65. The van der Waals surface area contributed by atoms with Crippen LogP contribution in [0.25, 0.3) is 0 Å². The summed E-state index contributed by atoms with van der Waals surface area (Å²) >= 11 is 3.44. The summed E-state index contributed by atoms with van der Waals surface area (Å²) in [6, 6.07) is 15.4. The largest absolute Gasteiger partial charge is 0.352 e. The van der Waals surface area contributed by atoms with Crippen LogP contribution < -0.4 is 10.6 Å². The fraction of sp³-hybridized carbons (Fsp3) is 0.263. The number of hydrogen-bond donors (Lipinski definition) is 2. The van der Waals surface area contributed by atoms with Gasteiger partial charge in [0.1, 0.15) is 0 Å². The van der Waals surface area contributed by atoms with Crippen molar-refractivity contribution in [2.45, 2.75) is 19.9 Å². The summed E-state index contributed by atoms with van der Waals surface area (Å²) in [5.41, 5.74) is 2.87. The second kappa shape index (κ2) is 7.18. The molecule has 2 amide bonds. The van der Waals surface area contributed by atoms with E-state index in [1.807, 2.05) is 55.5 Å². The number of carbonyl (C=O) groups is 2. The van der Waals surface area contributed by atoms with E-state index in [2.05, 4.69) is 26.6 Å². The van der Waals surface area contributed by atoms with Crippen molar-refractivity contribution in [3.8, 4) is 0 Å². The molecule has 1 saturated carbocycles. The molecule has 1 aliphatic rings. The number of halogens is 1. The van der Waals surface area contributed by atoms with Crippen molar-refractivity contribution in [2.24, 2.45) is 11.8 Å². The molecule has 1 aliphatic carbocycles. The molecule has 2 N–H and O–H groups in total. The van der Waals surface area contributed by atoms with Crippen molar-refractivity contribution >= 4 is 33.4 Å². The summed E-state index contributed by atoms with van der Waals surface area (Å²) in [5.74, 6) is -0.586. The standard InChI is InChI=1S/C19H19BrN2O2/c1-12-9-14(7-8-17(12)20)22-19(24)16-10-15(16)18(23)21-11-13-5-3-2-4-6-13/h2-9,15-16H,10-11H2,1H3,(H,21,23)(H,22,24). The summed E-state index contributed by atoms with van der Waals surface area (Å²) in [6.45, 7) is 2.47. The highest BCUT2D eigenvalue weighted by atomic mass is 79.9. The van der Waals surface area contributed by atoms with Crippen LogP contribution in [0.4, 0.5) is 5.69 Å². The second-order valence-electron chi connectivity index (χ2n) is 6.11. The fourth-order valence-corrected chi connectivity index (χ4v) is 2.89. The molecule has 4 nitrogen and oxygen atoms in total. The average Bonchev–Trinajstić information content (AvgIpc) is 3.38. The average molecular weight is 387 g/mol. The third kappa shape index (κ3) is 4.03. The van der Waals surface area contributed by atoms with Gasteiger partial charge in [-0.3, -0.25) is 9.59 Å². The molecule has 2 unspecified atom stereocenters. The number of hydrogen-bond acceptors (Lipinski definition) is 2. The normalized spacial score (nSPS) is 18.8. The van der Waals surface area contributed by atoms with Gasteiger partial charge in [-0.1, -0.05) is 46.3 Å². The Hall–Kier alpha value is -2.14. The molecule has 3 rings (SSSR count). The highest BCUT2D eigenvalue weighted by molar-refractivity contribution is 9.10. The van der Waals surface area contributed by atoms with Gasteiger partial charge >= 0.3 is 0 Å². The van der Waals surface area contributed by atoms with Crippen molar-refractivity contribution in [3.05, 3.63) is 64.1 Å². The summed E-state index contributed by atoms with van der Waals surface area (Å²) in [6.07, 6.45) is 0.613. The van der Waals surface area contributed by atoms with Crippen molar-refractivity contribution < 1.29 is 9.59 Å². The molecule has 0 saturated heterocycles. The van der Waals surface area contributed by atoms with Gasteiger partial charge in [0.05, 0.1) is 11.8 Å². The summed E-state index contributed by atoms with van der Waals surface area (Å²) in [5, 5.41) is 5.79. The lowest BCUT2D eigenvalue weighted by Crippen LogP contribution is -2.27.